The van der Waals surface area contributed by atoms with E-state index in [2.05, 4.69) is 30.8 Å². The number of aromatic amines is 1. The number of nitrogens with one attached hydrogen (secondary N) is 3. The molecule has 1 atom stereocenters. The molecule has 1 aliphatic rings. The molecule has 0 radical (unpaired) electrons. The molecule has 5 rings (SSSR count). The van der Waals surface area contributed by atoms with Gasteiger partial charge in [0.25, 0.3) is 5.91 Å². The lowest BCUT2D eigenvalue weighted by atomic mass is 10.1. The van der Waals surface area contributed by atoms with E-state index in [9.17, 15) is 9.59 Å². The van der Waals surface area contributed by atoms with E-state index in [0.717, 1.165) is 21.8 Å². The third-order valence-corrected chi connectivity index (χ3v) is 7.27. The fraction of sp³-hybridized carbons (Fsp3) is 0.222. The molecule has 1 aliphatic heterocycles. The largest absolute Gasteiger partial charge is 0.497 e. The summed E-state index contributed by atoms with van der Waals surface area (Å²) in [6.45, 7) is 0.594. The van der Waals surface area contributed by atoms with Crippen molar-refractivity contribution < 1.29 is 14.3 Å². The second kappa shape index (κ2) is 11.3. The molecule has 2 aromatic carbocycles. The zero-order valence-electron chi connectivity index (χ0n) is 21.0. The van der Waals surface area contributed by atoms with Crippen LogP contribution in [0.25, 0.3) is 0 Å². The standard InChI is InChI=1S/C27H27N7O3S/c1-34-21-15-29-23(28-14-18-8-10-19(37-2)11-9-18)13-22(21)38-16-20(27(34)36)30-26(35)25-31-24(32-33-25)12-17-6-4-3-5-7-17/h3-11,13,15,20H,12,14,16H2,1-2H3,(H,28,29)(H,30,35)(H,31,32,33)/t20-/m0/s1. The minimum Gasteiger partial charge on any atom is -0.497 e. The number of anilines is 2. The molecule has 0 fully saturated rings. The SMILES string of the molecule is COc1ccc(CNc2cc3c(cn2)N(C)C(=O)[C@@H](NC(=O)c2n[nH]c(Cc4ccccc4)n2)CS3)cc1. The zero-order chi connectivity index (χ0) is 26.5. The number of methoxy groups -OCH3 is 1. The van der Waals surface area contributed by atoms with Gasteiger partial charge in [-0.15, -0.1) is 16.9 Å². The van der Waals surface area contributed by atoms with E-state index in [4.69, 9.17) is 4.74 Å². The quantitative estimate of drug-likeness (QED) is 0.318. The Hall–Kier alpha value is -4.38. The zero-order valence-corrected chi connectivity index (χ0v) is 21.8. The molecule has 11 heteroatoms. The van der Waals surface area contributed by atoms with Gasteiger partial charge in [0, 0.05) is 30.7 Å². The number of hydrogen-bond donors (Lipinski definition) is 3. The third kappa shape index (κ3) is 5.78. The number of pyridine rings is 1. The van der Waals surface area contributed by atoms with E-state index in [1.807, 2.05) is 60.7 Å². The lowest BCUT2D eigenvalue weighted by molar-refractivity contribution is -0.119. The Kier molecular flexibility index (Phi) is 7.55. The normalized spacial score (nSPS) is 14.9. The maximum absolute atomic E-state index is 13.2. The molecular weight excluding hydrogens is 502 g/mol. The Labute approximate surface area is 224 Å². The number of benzene rings is 2. The molecule has 0 bridgehead atoms. The number of rotatable bonds is 8. The maximum atomic E-state index is 13.2. The van der Waals surface area contributed by atoms with Crippen LogP contribution in [0.5, 0.6) is 5.75 Å². The van der Waals surface area contributed by atoms with E-state index in [-0.39, 0.29) is 11.7 Å². The average Bonchev–Trinajstić information content (AvgIpc) is 3.38. The number of nitrogens with zero attached hydrogens (tertiary/aromatic N) is 4. The van der Waals surface area contributed by atoms with Crippen LogP contribution in [0.2, 0.25) is 0 Å². The van der Waals surface area contributed by atoms with Crippen molar-refractivity contribution in [2.75, 3.05) is 30.1 Å². The number of thioether (sulfide) groups is 1. The molecular formula is C27H27N7O3S. The van der Waals surface area contributed by atoms with Crippen LogP contribution >= 0.6 is 11.8 Å². The van der Waals surface area contributed by atoms with E-state index < -0.39 is 11.9 Å². The van der Waals surface area contributed by atoms with Crippen LogP contribution in [0, 0.1) is 0 Å². The summed E-state index contributed by atoms with van der Waals surface area (Å²) in [6, 6.07) is 18.8. The van der Waals surface area contributed by atoms with E-state index >= 15 is 0 Å². The fourth-order valence-electron chi connectivity index (χ4n) is 4.02. The van der Waals surface area contributed by atoms with Crippen molar-refractivity contribution in [1.82, 2.24) is 25.5 Å². The van der Waals surface area contributed by atoms with Gasteiger partial charge in [-0.1, -0.05) is 42.5 Å². The summed E-state index contributed by atoms with van der Waals surface area (Å²) in [5.41, 5.74) is 2.83. The van der Waals surface area contributed by atoms with Crippen LogP contribution in [0.1, 0.15) is 27.6 Å². The Morgan fingerprint density at radius 2 is 1.95 bits per heavy atom. The maximum Gasteiger partial charge on any atom is 0.291 e. The minimum absolute atomic E-state index is 0.00447. The van der Waals surface area contributed by atoms with Gasteiger partial charge < -0.3 is 20.3 Å². The van der Waals surface area contributed by atoms with E-state index in [1.165, 1.54) is 16.7 Å². The number of aromatic nitrogens is 4. The van der Waals surface area contributed by atoms with Crippen molar-refractivity contribution in [1.29, 1.82) is 0 Å². The number of amides is 2. The highest BCUT2D eigenvalue weighted by Crippen LogP contribution is 2.34. The highest BCUT2D eigenvalue weighted by Gasteiger charge is 2.31. The lowest BCUT2D eigenvalue weighted by Gasteiger charge is -2.21. The molecule has 38 heavy (non-hydrogen) atoms. The van der Waals surface area contributed by atoms with Crippen LogP contribution in [0.15, 0.2) is 71.8 Å². The molecule has 0 unspecified atom stereocenters. The number of ether oxygens (including phenoxy) is 1. The molecule has 4 aromatic rings. The van der Waals surface area contributed by atoms with Gasteiger partial charge in [-0.2, -0.15) is 0 Å². The number of hydrogen-bond acceptors (Lipinski definition) is 8. The minimum atomic E-state index is -0.739. The summed E-state index contributed by atoms with van der Waals surface area (Å²) < 4.78 is 5.20. The number of likely N-dealkylation sites (N-methyl/N-ethyl adjacent to an activating group) is 1. The highest BCUT2D eigenvalue weighted by molar-refractivity contribution is 7.99. The van der Waals surface area contributed by atoms with Gasteiger partial charge in [-0.25, -0.2) is 9.97 Å². The van der Waals surface area contributed by atoms with Gasteiger partial charge in [0.1, 0.15) is 23.4 Å². The summed E-state index contributed by atoms with van der Waals surface area (Å²) >= 11 is 1.49. The van der Waals surface area contributed by atoms with Crippen molar-refractivity contribution in [3.8, 4) is 5.75 Å². The van der Waals surface area contributed by atoms with E-state index in [0.29, 0.717) is 36.0 Å². The second-order valence-corrected chi connectivity index (χ2v) is 9.80. The van der Waals surface area contributed by atoms with Crippen LogP contribution in [0.4, 0.5) is 11.5 Å². The molecule has 0 spiro atoms. The van der Waals surface area contributed by atoms with Crippen LogP contribution < -0.4 is 20.3 Å². The number of carbonyl (C=O) groups excluding carboxylic acids is 2. The van der Waals surface area contributed by atoms with Crippen LogP contribution in [-0.4, -0.2) is 57.9 Å². The Balaban J connectivity index is 1.22. The van der Waals surface area contributed by atoms with Gasteiger partial charge in [0.05, 0.1) is 19.0 Å². The van der Waals surface area contributed by atoms with Crippen LogP contribution in [0.3, 0.4) is 0 Å². The molecule has 0 saturated carbocycles. The molecule has 2 amide bonds. The van der Waals surface area contributed by atoms with Gasteiger partial charge in [-0.3, -0.25) is 14.7 Å². The molecule has 3 heterocycles. The first-order valence-corrected chi connectivity index (χ1v) is 13.0. The topological polar surface area (TPSA) is 125 Å². The number of fused-ring (bicyclic) bond motifs is 1. The van der Waals surface area contributed by atoms with Crippen molar-refractivity contribution in [2.24, 2.45) is 0 Å². The first kappa shape index (κ1) is 25.3. The van der Waals surface area contributed by atoms with Gasteiger partial charge in [0.15, 0.2) is 0 Å². The summed E-state index contributed by atoms with van der Waals surface area (Å²) in [6.07, 6.45) is 2.20. The molecule has 194 valence electrons. The number of H-pyrrole nitrogens is 1. The smallest absolute Gasteiger partial charge is 0.291 e. The van der Waals surface area contributed by atoms with Crippen molar-refractivity contribution in [3.05, 3.63) is 89.6 Å². The fourth-order valence-corrected chi connectivity index (χ4v) is 5.12. The van der Waals surface area contributed by atoms with Crippen molar-refractivity contribution in [3.63, 3.8) is 0 Å². The summed E-state index contributed by atoms with van der Waals surface area (Å²) in [5, 5.41) is 13.0. The monoisotopic (exact) mass is 529 g/mol. The van der Waals surface area contributed by atoms with Gasteiger partial charge in [0.2, 0.25) is 11.7 Å². The predicted molar refractivity (Wildman–Crippen MR) is 146 cm³/mol. The molecule has 0 saturated heterocycles. The Bertz CT molecular complexity index is 1430. The Morgan fingerprint density at radius 1 is 1.16 bits per heavy atom. The molecule has 2 aromatic heterocycles. The predicted octanol–water partition coefficient (Wildman–Crippen LogP) is 3.28. The summed E-state index contributed by atoms with van der Waals surface area (Å²) in [4.78, 5) is 37.2. The molecule has 0 aliphatic carbocycles. The third-order valence-electron chi connectivity index (χ3n) is 6.13. The number of carbonyl (C=O) groups is 2. The average molecular weight is 530 g/mol. The van der Waals surface area contributed by atoms with E-state index in [1.54, 1.807) is 20.4 Å². The van der Waals surface area contributed by atoms with Crippen molar-refractivity contribution >= 4 is 35.1 Å². The highest BCUT2D eigenvalue weighted by atomic mass is 32.2. The first-order chi connectivity index (χ1) is 18.5. The summed E-state index contributed by atoms with van der Waals surface area (Å²) in [5.74, 6) is 1.72. The molecule has 3 N–H and O–H groups in total. The van der Waals surface area contributed by atoms with Crippen molar-refractivity contribution in [2.45, 2.75) is 23.9 Å². The second-order valence-electron chi connectivity index (χ2n) is 8.74. The first-order valence-electron chi connectivity index (χ1n) is 12.0. The van der Waals surface area contributed by atoms with Gasteiger partial charge >= 0.3 is 0 Å². The molecule has 10 nitrogen and oxygen atoms in total. The lowest BCUT2D eigenvalue weighted by Crippen LogP contribution is -2.48. The van der Waals surface area contributed by atoms with Crippen LogP contribution in [-0.2, 0) is 17.8 Å². The Morgan fingerprint density at radius 3 is 2.71 bits per heavy atom. The summed E-state index contributed by atoms with van der Waals surface area (Å²) in [7, 11) is 3.32. The van der Waals surface area contributed by atoms with Gasteiger partial charge in [-0.05, 0) is 29.3 Å².